The van der Waals surface area contributed by atoms with Crippen molar-refractivity contribution in [3.05, 3.63) is 24.3 Å². The summed E-state index contributed by atoms with van der Waals surface area (Å²) >= 11 is 0. The van der Waals surface area contributed by atoms with Crippen LogP contribution in [0.4, 0.5) is 4.79 Å². The number of ether oxygens (including phenoxy) is 1. The number of amides is 1. The van der Waals surface area contributed by atoms with Gasteiger partial charge in [-0.3, -0.25) is 0 Å². The van der Waals surface area contributed by atoms with Gasteiger partial charge in [-0.05, 0) is 33.3 Å². The monoisotopic (exact) mass is 249 g/mol. The lowest BCUT2D eigenvalue weighted by Crippen LogP contribution is -2.35. The fourth-order valence-corrected chi connectivity index (χ4v) is 2.04. The molecule has 1 saturated heterocycles. The zero-order valence-electron chi connectivity index (χ0n) is 11.1. The quantitative estimate of drug-likeness (QED) is 0.765. The van der Waals surface area contributed by atoms with E-state index < -0.39 is 5.60 Å². The van der Waals surface area contributed by atoms with Crippen molar-refractivity contribution in [2.45, 2.75) is 38.7 Å². The molecule has 2 rings (SSSR count). The number of rotatable bonds is 1. The smallest absolute Gasteiger partial charge is 0.410 e. The second kappa shape index (κ2) is 4.92. The largest absolute Gasteiger partial charge is 0.444 e. The van der Waals surface area contributed by atoms with Crippen molar-refractivity contribution < 1.29 is 9.53 Å². The molecule has 1 aromatic heterocycles. The van der Waals surface area contributed by atoms with E-state index in [1.165, 1.54) is 0 Å². The molecule has 0 aliphatic carbocycles. The summed E-state index contributed by atoms with van der Waals surface area (Å²) < 4.78 is 5.36. The van der Waals surface area contributed by atoms with Gasteiger partial charge in [0, 0.05) is 30.9 Å². The van der Waals surface area contributed by atoms with Gasteiger partial charge in [-0.25, -0.2) is 14.8 Å². The Balaban J connectivity index is 1.95. The zero-order valence-corrected chi connectivity index (χ0v) is 11.1. The number of aromatic nitrogens is 2. The second-order valence-corrected chi connectivity index (χ2v) is 5.55. The highest BCUT2D eigenvalue weighted by molar-refractivity contribution is 5.68. The summed E-state index contributed by atoms with van der Waals surface area (Å²) in [6.45, 7) is 7.03. The number of hydrogen-bond donors (Lipinski definition) is 0. The predicted molar refractivity (Wildman–Crippen MR) is 67.2 cm³/mol. The fourth-order valence-electron chi connectivity index (χ4n) is 2.04. The summed E-state index contributed by atoms with van der Waals surface area (Å²) in [7, 11) is 0. The lowest BCUT2D eigenvalue weighted by molar-refractivity contribution is 0.0292. The molecule has 1 fully saturated rings. The number of hydrogen-bond acceptors (Lipinski definition) is 4. The fraction of sp³-hybridized carbons (Fsp3) is 0.615. The number of likely N-dealkylation sites (tertiary alicyclic amines) is 1. The van der Waals surface area contributed by atoms with Crippen molar-refractivity contribution in [1.82, 2.24) is 14.9 Å². The van der Waals surface area contributed by atoms with Gasteiger partial charge >= 0.3 is 6.09 Å². The molecule has 18 heavy (non-hydrogen) atoms. The third-order valence-corrected chi connectivity index (χ3v) is 2.86. The van der Waals surface area contributed by atoms with Crippen LogP contribution in [0.2, 0.25) is 0 Å². The Morgan fingerprint density at radius 1 is 1.50 bits per heavy atom. The molecule has 0 N–H and O–H groups in total. The topological polar surface area (TPSA) is 55.3 Å². The summed E-state index contributed by atoms with van der Waals surface area (Å²) in [4.78, 5) is 21.8. The molecule has 0 aromatic carbocycles. The molecule has 0 saturated carbocycles. The molecule has 0 spiro atoms. The Bertz CT molecular complexity index is 414. The Morgan fingerprint density at radius 2 is 2.28 bits per heavy atom. The molecule has 5 nitrogen and oxygen atoms in total. The second-order valence-electron chi connectivity index (χ2n) is 5.55. The van der Waals surface area contributed by atoms with Crippen molar-refractivity contribution in [3.63, 3.8) is 0 Å². The maximum Gasteiger partial charge on any atom is 0.410 e. The molecule has 1 aromatic rings. The average Bonchev–Trinajstić information content (AvgIpc) is 2.77. The highest BCUT2D eigenvalue weighted by atomic mass is 16.6. The number of carbonyl (C=O) groups excluding carboxylic acids is 1. The summed E-state index contributed by atoms with van der Waals surface area (Å²) in [6.07, 6.45) is 3.97. The minimum absolute atomic E-state index is 0.237. The first kappa shape index (κ1) is 12.8. The van der Waals surface area contributed by atoms with E-state index in [0.717, 1.165) is 18.7 Å². The highest BCUT2D eigenvalue weighted by Crippen LogP contribution is 2.26. The normalized spacial score (nSPS) is 19.9. The maximum absolute atomic E-state index is 11.9. The Labute approximate surface area is 107 Å². The molecular weight excluding hydrogens is 230 g/mol. The van der Waals surface area contributed by atoms with Gasteiger partial charge < -0.3 is 9.64 Å². The molecule has 1 aliphatic rings. The third kappa shape index (κ3) is 3.18. The van der Waals surface area contributed by atoms with E-state index in [0.29, 0.717) is 12.5 Å². The first-order chi connectivity index (χ1) is 8.46. The van der Waals surface area contributed by atoms with E-state index in [9.17, 15) is 4.79 Å². The van der Waals surface area contributed by atoms with Gasteiger partial charge in [0.15, 0.2) is 0 Å². The van der Waals surface area contributed by atoms with Gasteiger partial charge in [0.25, 0.3) is 0 Å². The van der Waals surface area contributed by atoms with E-state index in [1.807, 2.05) is 26.8 Å². The predicted octanol–water partition coefficient (Wildman–Crippen LogP) is 2.20. The lowest BCUT2D eigenvalue weighted by atomic mass is 10.1. The van der Waals surface area contributed by atoms with Crippen molar-refractivity contribution in [3.8, 4) is 0 Å². The van der Waals surface area contributed by atoms with Gasteiger partial charge in [-0.2, -0.15) is 0 Å². The Kier molecular flexibility index (Phi) is 3.50. The average molecular weight is 249 g/mol. The molecular formula is C13H19N3O2. The highest BCUT2D eigenvalue weighted by Gasteiger charge is 2.30. The van der Waals surface area contributed by atoms with Gasteiger partial charge in [0.1, 0.15) is 11.9 Å². The molecule has 1 atom stereocenters. The molecule has 98 valence electrons. The molecule has 0 bridgehead atoms. The lowest BCUT2D eigenvalue weighted by Gasteiger charge is -2.24. The molecule has 1 amide bonds. The first-order valence-electron chi connectivity index (χ1n) is 6.19. The number of nitrogens with zero attached hydrogens (tertiary/aromatic N) is 3. The summed E-state index contributed by atoms with van der Waals surface area (Å²) in [5.41, 5.74) is 0.556. The summed E-state index contributed by atoms with van der Waals surface area (Å²) in [5, 5.41) is 0. The van der Waals surface area contributed by atoms with E-state index in [1.54, 1.807) is 17.4 Å². The minimum atomic E-state index is -0.440. The zero-order chi connectivity index (χ0) is 13.2. The van der Waals surface area contributed by atoms with Crippen LogP contribution in [0.15, 0.2) is 18.6 Å². The Morgan fingerprint density at radius 3 is 2.89 bits per heavy atom. The van der Waals surface area contributed by atoms with E-state index in [4.69, 9.17) is 4.74 Å². The van der Waals surface area contributed by atoms with Gasteiger partial charge in [-0.15, -0.1) is 0 Å². The number of carbonyl (C=O) groups is 1. The van der Waals surface area contributed by atoms with E-state index in [-0.39, 0.29) is 6.09 Å². The molecule has 0 radical (unpaired) electrons. The van der Waals surface area contributed by atoms with Gasteiger partial charge in [0.2, 0.25) is 0 Å². The van der Waals surface area contributed by atoms with Crippen LogP contribution in [0, 0.1) is 0 Å². The van der Waals surface area contributed by atoms with Crippen molar-refractivity contribution in [2.24, 2.45) is 0 Å². The molecule has 1 unspecified atom stereocenters. The van der Waals surface area contributed by atoms with Crippen LogP contribution in [-0.4, -0.2) is 39.7 Å². The van der Waals surface area contributed by atoms with Crippen LogP contribution >= 0.6 is 0 Å². The standard InChI is InChI=1S/C13H19N3O2/c1-13(2,3)18-12(17)16-7-5-10(8-16)11-4-6-14-9-15-11/h4,6,9-10H,5,7-8H2,1-3H3. The SMILES string of the molecule is CC(C)(C)OC(=O)N1CCC(c2ccncn2)C1. The van der Waals surface area contributed by atoms with Gasteiger partial charge in [0.05, 0.1) is 0 Å². The first-order valence-corrected chi connectivity index (χ1v) is 6.19. The van der Waals surface area contributed by atoms with E-state index in [2.05, 4.69) is 9.97 Å². The molecule has 2 heterocycles. The van der Waals surface area contributed by atoms with E-state index >= 15 is 0 Å². The van der Waals surface area contributed by atoms with Crippen LogP contribution < -0.4 is 0 Å². The third-order valence-electron chi connectivity index (χ3n) is 2.86. The van der Waals surface area contributed by atoms with Crippen LogP contribution in [0.1, 0.15) is 38.8 Å². The van der Waals surface area contributed by atoms with Crippen molar-refractivity contribution in [1.29, 1.82) is 0 Å². The van der Waals surface area contributed by atoms with Crippen LogP contribution in [0.3, 0.4) is 0 Å². The minimum Gasteiger partial charge on any atom is -0.444 e. The van der Waals surface area contributed by atoms with Gasteiger partial charge in [-0.1, -0.05) is 0 Å². The Hall–Kier alpha value is -1.65. The van der Waals surface area contributed by atoms with Crippen molar-refractivity contribution in [2.75, 3.05) is 13.1 Å². The van der Waals surface area contributed by atoms with Crippen LogP contribution in [0.25, 0.3) is 0 Å². The van der Waals surface area contributed by atoms with Crippen molar-refractivity contribution >= 4 is 6.09 Å². The molecule has 5 heteroatoms. The molecule has 1 aliphatic heterocycles. The van der Waals surface area contributed by atoms with Crippen LogP contribution in [-0.2, 0) is 4.74 Å². The summed E-state index contributed by atoms with van der Waals surface area (Å²) in [5.74, 6) is 0.292. The summed E-state index contributed by atoms with van der Waals surface area (Å²) in [6, 6.07) is 1.91. The maximum atomic E-state index is 11.9. The van der Waals surface area contributed by atoms with Crippen LogP contribution in [0.5, 0.6) is 0 Å².